The summed E-state index contributed by atoms with van der Waals surface area (Å²) in [6.45, 7) is 3.93. The van der Waals surface area contributed by atoms with E-state index in [4.69, 9.17) is 4.42 Å². The van der Waals surface area contributed by atoms with E-state index in [1.807, 2.05) is 12.1 Å². The Morgan fingerprint density at radius 2 is 1.71 bits per heavy atom. The van der Waals surface area contributed by atoms with Gasteiger partial charge in [-0.3, -0.25) is 19.7 Å². The number of nitro benzene ring substituents is 1. The van der Waals surface area contributed by atoms with E-state index >= 15 is 0 Å². The van der Waals surface area contributed by atoms with Crippen LogP contribution >= 0.6 is 0 Å². The molecule has 0 saturated carbocycles. The number of anilines is 2. The standard InChI is InChI=1S/C31H27FN4O5/c1-21-6-13-26(28(20-21)36(39)40)29-14-11-24(41-29)12-15-30(37)33-22-7-9-23(10-8-22)34-16-18-35(19-17-34)31(38)25-4-2-3-5-27(25)32/h2-15,20H,16-19H2,1H3,(H,33,37)/b15-12+. The first-order chi connectivity index (χ1) is 19.8. The number of carbonyl (C=O) groups is 2. The van der Waals surface area contributed by atoms with Crippen LogP contribution in [0, 0.1) is 22.9 Å². The number of nitrogens with one attached hydrogen (secondary N) is 1. The van der Waals surface area contributed by atoms with Gasteiger partial charge in [-0.25, -0.2) is 4.39 Å². The molecule has 1 aromatic heterocycles. The van der Waals surface area contributed by atoms with E-state index < -0.39 is 10.7 Å². The number of carbonyl (C=O) groups excluding carboxylic acids is 2. The molecule has 208 valence electrons. The van der Waals surface area contributed by atoms with Crippen LogP contribution in [0.2, 0.25) is 0 Å². The Hall–Kier alpha value is -5.25. The number of rotatable bonds is 7. The fourth-order valence-corrected chi connectivity index (χ4v) is 4.66. The Morgan fingerprint density at radius 1 is 0.976 bits per heavy atom. The van der Waals surface area contributed by atoms with E-state index in [2.05, 4.69) is 10.2 Å². The molecule has 2 amide bonds. The molecule has 0 bridgehead atoms. The summed E-state index contributed by atoms with van der Waals surface area (Å²) >= 11 is 0. The smallest absolute Gasteiger partial charge is 0.280 e. The first-order valence-electron chi connectivity index (χ1n) is 13.0. The summed E-state index contributed by atoms with van der Waals surface area (Å²) in [5.41, 5.74) is 2.72. The molecule has 4 aromatic rings. The van der Waals surface area contributed by atoms with Crippen molar-refractivity contribution in [2.75, 3.05) is 36.4 Å². The Labute approximate surface area is 235 Å². The quantitative estimate of drug-likeness (QED) is 0.173. The van der Waals surface area contributed by atoms with Gasteiger partial charge in [0.1, 0.15) is 17.3 Å². The number of nitrogens with zero attached hydrogens (tertiary/aromatic N) is 3. The highest BCUT2D eigenvalue weighted by atomic mass is 19.1. The van der Waals surface area contributed by atoms with Crippen molar-refractivity contribution >= 4 is 35.0 Å². The van der Waals surface area contributed by atoms with Gasteiger partial charge in [0.05, 0.1) is 16.1 Å². The van der Waals surface area contributed by atoms with Crippen LogP contribution in [-0.2, 0) is 4.79 Å². The summed E-state index contributed by atoms with van der Waals surface area (Å²) in [4.78, 5) is 39.9. The van der Waals surface area contributed by atoms with Gasteiger partial charge in [0, 0.05) is 49.7 Å². The minimum absolute atomic E-state index is 0.0472. The van der Waals surface area contributed by atoms with Crippen molar-refractivity contribution in [2.24, 2.45) is 0 Å². The van der Waals surface area contributed by atoms with Gasteiger partial charge in [0.25, 0.3) is 11.6 Å². The molecule has 0 aliphatic carbocycles. The van der Waals surface area contributed by atoms with Crippen LogP contribution in [0.3, 0.4) is 0 Å². The van der Waals surface area contributed by atoms with Crippen molar-refractivity contribution in [2.45, 2.75) is 6.92 Å². The molecule has 9 nitrogen and oxygen atoms in total. The fraction of sp³-hybridized carbons (Fsp3) is 0.161. The summed E-state index contributed by atoms with van der Waals surface area (Å²) in [5, 5.41) is 14.2. The lowest BCUT2D eigenvalue weighted by Crippen LogP contribution is -2.49. The van der Waals surface area contributed by atoms with Crippen molar-refractivity contribution in [3.63, 3.8) is 0 Å². The predicted molar refractivity (Wildman–Crippen MR) is 154 cm³/mol. The van der Waals surface area contributed by atoms with Crippen molar-refractivity contribution in [3.05, 3.63) is 118 Å². The van der Waals surface area contributed by atoms with Gasteiger partial charge in [-0.2, -0.15) is 0 Å². The second kappa shape index (κ2) is 11.9. The van der Waals surface area contributed by atoms with Crippen LogP contribution in [0.5, 0.6) is 0 Å². The zero-order valence-electron chi connectivity index (χ0n) is 22.2. The molecule has 0 atom stereocenters. The van der Waals surface area contributed by atoms with Gasteiger partial charge in [0.15, 0.2) is 0 Å². The number of amides is 2. The minimum atomic E-state index is -0.519. The summed E-state index contributed by atoms with van der Waals surface area (Å²) in [7, 11) is 0. The Balaban J connectivity index is 1.15. The normalized spacial score (nSPS) is 13.4. The topological polar surface area (TPSA) is 109 Å². The molecule has 2 heterocycles. The molecule has 0 radical (unpaired) electrons. The number of piperazine rings is 1. The lowest BCUT2D eigenvalue weighted by atomic mass is 10.1. The van der Waals surface area contributed by atoms with E-state index in [0.717, 1.165) is 11.3 Å². The molecule has 1 fully saturated rings. The van der Waals surface area contributed by atoms with Gasteiger partial charge in [0.2, 0.25) is 5.91 Å². The molecule has 1 N–H and O–H groups in total. The second-order valence-electron chi connectivity index (χ2n) is 9.61. The third kappa shape index (κ3) is 6.33. The maximum atomic E-state index is 14.0. The van der Waals surface area contributed by atoms with E-state index in [0.29, 0.717) is 49.0 Å². The Kier molecular flexibility index (Phi) is 7.91. The van der Waals surface area contributed by atoms with E-state index in [9.17, 15) is 24.1 Å². The molecule has 1 aliphatic rings. The molecule has 1 aliphatic heterocycles. The number of aryl methyl sites for hydroxylation is 1. The second-order valence-corrected chi connectivity index (χ2v) is 9.61. The van der Waals surface area contributed by atoms with E-state index in [-0.39, 0.29) is 23.1 Å². The number of hydrogen-bond acceptors (Lipinski definition) is 6. The molecule has 10 heteroatoms. The highest BCUT2D eigenvalue weighted by molar-refractivity contribution is 6.01. The van der Waals surface area contributed by atoms with Crippen LogP contribution in [0.15, 0.2) is 89.4 Å². The van der Waals surface area contributed by atoms with Gasteiger partial charge < -0.3 is 19.5 Å². The fourth-order valence-electron chi connectivity index (χ4n) is 4.66. The Morgan fingerprint density at radius 3 is 2.41 bits per heavy atom. The molecule has 0 unspecified atom stereocenters. The molecule has 41 heavy (non-hydrogen) atoms. The van der Waals surface area contributed by atoms with Crippen LogP contribution in [0.4, 0.5) is 21.5 Å². The first kappa shape index (κ1) is 27.3. The Bertz CT molecular complexity index is 1620. The van der Waals surface area contributed by atoms with Gasteiger partial charge in [-0.1, -0.05) is 18.2 Å². The molecular formula is C31H27FN4O5. The lowest BCUT2D eigenvalue weighted by Gasteiger charge is -2.36. The summed E-state index contributed by atoms with van der Waals surface area (Å²) < 4.78 is 19.7. The highest BCUT2D eigenvalue weighted by Gasteiger charge is 2.24. The van der Waals surface area contributed by atoms with Crippen molar-refractivity contribution in [1.82, 2.24) is 4.90 Å². The van der Waals surface area contributed by atoms with Crippen LogP contribution in [0.1, 0.15) is 21.7 Å². The van der Waals surface area contributed by atoms with Crippen molar-refractivity contribution in [1.29, 1.82) is 0 Å². The number of nitro groups is 1. The largest absolute Gasteiger partial charge is 0.456 e. The van der Waals surface area contributed by atoms with Gasteiger partial charge in [-0.15, -0.1) is 0 Å². The molecular weight excluding hydrogens is 527 g/mol. The maximum absolute atomic E-state index is 14.0. The van der Waals surface area contributed by atoms with E-state index in [1.54, 1.807) is 60.4 Å². The van der Waals surface area contributed by atoms with Crippen LogP contribution in [-0.4, -0.2) is 47.8 Å². The maximum Gasteiger partial charge on any atom is 0.280 e. The zero-order valence-corrected chi connectivity index (χ0v) is 22.2. The van der Waals surface area contributed by atoms with Gasteiger partial charge >= 0.3 is 0 Å². The minimum Gasteiger partial charge on any atom is -0.456 e. The van der Waals surface area contributed by atoms with E-state index in [1.165, 1.54) is 30.4 Å². The van der Waals surface area contributed by atoms with Crippen molar-refractivity contribution < 1.29 is 23.3 Å². The average Bonchev–Trinajstić information content (AvgIpc) is 3.45. The lowest BCUT2D eigenvalue weighted by molar-refractivity contribution is -0.384. The third-order valence-electron chi connectivity index (χ3n) is 6.81. The SMILES string of the molecule is Cc1ccc(-c2ccc(/C=C/C(=O)Nc3ccc(N4CCN(C(=O)c5ccccc5F)CC4)cc3)o2)c([N+](=O)[O-])c1. The van der Waals surface area contributed by atoms with Gasteiger partial charge in [-0.05, 0) is 73.2 Å². The predicted octanol–water partition coefficient (Wildman–Crippen LogP) is 5.92. The average molecular weight is 555 g/mol. The highest BCUT2D eigenvalue weighted by Crippen LogP contribution is 2.32. The first-order valence-corrected chi connectivity index (χ1v) is 13.0. The number of halogens is 1. The molecule has 5 rings (SSSR count). The zero-order chi connectivity index (χ0) is 28.9. The number of benzene rings is 3. The monoisotopic (exact) mass is 554 g/mol. The van der Waals surface area contributed by atoms with Crippen LogP contribution < -0.4 is 10.2 Å². The number of hydrogen-bond donors (Lipinski definition) is 1. The molecule has 0 spiro atoms. The molecule has 3 aromatic carbocycles. The van der Waals surface area contributed by atoms with Crippen molar-refractivity contribution in [3.8, 4) is 11.3 Å². The third-order valence-corrected chi connectivity index (χ3v) is 6.81. The van der Waals surface area contributed by atoms with Crippen LogP contribution in [0.25, 0.3) is 17.4 Å². The summed E-state index contributed by atoms with van der Waals surface area (Å²) in [6, 6.07) is 21.5. The summed E-state index contributed by atoms with van der Waals surface area (Å²) in [6.07, 6.45) is 2.82. The summed E-state index contributed by atoms with van der Waals surface area (Å²) in [5.74, 6) is -0.471. The molecule has 1 saturated heterocycles. The number of furan rings is 1.